The minimum absolute atomic E-state index is 0.0663. The SMILES string of the molecule is CCN(CC(=O)Nc1cc(C(C)(C)C)nn1-c1ccc(Cl)cc1)S(=O)(=O)c1ccc(F)cc1. The molecule has 7 nitrogen and oxygen atoms in total. The highest BCUT2D eigenvalue weighted by molar-refractivity contribution is 7.89. The lowest BCUT2D eigenvalue weighted by atomic mass is 9.92. The van der Waals surface area contributed by atoms with Gasteiger partial charge in [0.05, 0.1) is 22.8 Å². The van der Waals surface area contributed by atoms with Gasteiger partial charge >= 0.3 is 0 Å². The minimum Gasteiger partial charge on any atom is -0.309 e. The third kappa shape index (κ3) is 5.79. The Morgan fingerprint density at radius 3 is 2.27 bits per heavy atom. The van der Waals surface area contributed by atoms with Gasteiger partial charge in [-0.1, -0.05) is 39.3 Å². The second kappa shape index (κ2) is 9.62. The van der Waals surface area contributed by atoms with Gasteiger partial charge in [-0.05, 0) is 48.5 Å². The van der Waals surface area contributed by atoms with Gasteiger partial charge < -0.3 is 5.32 Å². The van der Waals surface area contributed by atoms with E-state index in [-0.39, 0.29) is 16.9 Å². The first kappa shape index (κ1) is 24.9. The maximum absolute atomic E-state index is 13.2. The Hall–Kier alpha value is -2.75. The molecule has 0 spiro atoms. The van der Waals surface area contributed by atoms with E-state index in [0.717, 1.165) is 22.1 Å². The van der Waals surface area contributed by atoms with Crippen LogP contribution in [-0.4, -0.2) is 41.5 Å². The second-order valence-electron chi connectivity index (χ2n) is 8.49. The predicted molar refractivity (Wildman–Crippen MR) is 127 cm³/mol. The fourth-order valence-electron chi connectivity index (χ4n) is 3.08. The number of halogens is 2. The molecule has 3 rings (SSSR count). The van der Waals surface area contributed by atoms with E-state index in [2.05, 4.69) is 10.4 Å². The van der Waals surface area contributed by atoms with Crippen LogP contribution in [0.5, 0.6) is 0 Å². The number of carbonyl (C=O) groups is 1. The van der Waals surface area contributed by atoms with Crippen molar-refractivity contribution in [2.75, 3.05) is 18.4 Å². The number of aromatic nitrogens is 2. The molecule has 0 radical (unpaired) electrons. The molecular weight excluding hydrogens is 467 g/mol. The maximum Gasteiger partial charge on any atom is 0.243 e. The van der Waals surface area contributed by atoms with E-state index in [1.54, 1.807) is 41.9 Å². The fraction of sp³-hybridized carbons (Fsp3) is 0.304. The molecule has 0 saturated carbocycles. The summed E-state index contributed by atoms with van der Waals surface area (Å²) in [4.78, 5) is 12.8. The number of hydrogen-bond donors (Lipinski definition) is 1. The minimum atomic E-state index is -3.97. The van der Waals surface area contributed by atoms with E-state index in [0.29, 0.717) is 16.5 Å². The van der Waals surface area contributed by atoms with Gasteiger partial charge in [0.25, 0.3) is 0 Å². The molecule has 1 heterocycles. The summed E-state index contributed by atoms with van der Waals surface area (Å²) in [5.74, 6) is -0.666. The van der Waals surface area contributed by atoms with Crippen LogP contribution in [0.1, 0.15) is 33.4 Å². The number of carbonyl (C=O) groups excluding carboxylic acids is 1. The molecule has 0 saturated heterocycles. The van der Waals surface area contributed by atoms with Crippen LogP contribution in [0.2, 0.25) is 5.02 Å². The van der Waals surface area contributed by atoms with Crippen LogP contribution in [0.25, 0.3) is 5.69 Å². The van der Waals surface area contributed by atoms with Crippen molar-refractivity contribution in [1.29, 1.82) is 0 Å². The summed E-state index contributed by atoms with van der Waals surface area (Å²) in [5.41, 5.74) is 1.16. The van der Waals surface area contributed by atoms with Crippen LogP contribution >= 0.6 is 11.6 Å². The van der Waals surface area contributed by atoms with Crippen LogP contribution in [0.15, 0.2) is 59.5 Å². The van der Waals surface area contributed by atoms with Gasteiger partial charge in [-0.3, -0.25) is 4.79 Å². The average Bonchev–Trinajstić information content (AvgIpc) is 3.17. The third-order valence-corrected chi connectivity index (χ3v) is 7.13. The van der Waals surface area contributed by atoms with Gasteiger partial charge in [0.2, 0.25) is 15.9 Å². The molecule has 33 heavy (non-hydrogen) atoms. The van der Waals surface area contributed by atoms with Crippen molar-refractivity contribution < 1.29 is 17.6 Å². The average molecular weight is 493 g/mol. The van der Waals surface area contributed by atoms with Gasteiger partial charge in [0.15, 0.2) is 0 Å². The third-order valence-electron chi connectivity index (χ3n) is 4.94. The Morgan fingerprint density at radius 2 is 1.73 bits per heavy atom. The molecule has 0 fully saturated rings. The Kier molecular flexibility index (Phi) is 7.26. The Labute approximate surface area is 198 Å². The Balaban J connectivity index is 1.87. The van der Waals surface area contributed by atoms with Crippen molar-refractivity contribution >= 4 is 33.3 Å². The van der Waals surface area contributed by atoms with Gasteiger partial charge in [-0.25, -0.2) is 17.5 Å². The largest absolute Gasteiger partial charge is 0.309 e. The second-order valence-corrected chi connectivity index (χ2v) is 10.9. The molecule has 2 aromatic carbocycles. The van der Waals surface area contributed by atoms with Crippen LogP contribution in [-0.2, 0) is 20.2 Å². The summed E-state index contributed by atoms with van der Waals surface area (Å²) in [6.07, 6.45) is 0. The zero-order valence-corrected chi connectivity index (χ0v) is 20.4. The van der Waals surface area contributed by atoms with E-state index in [1.165, 1.54) is 12.1 Å². The molecule has 10 heteroatoms. The molecule has 1 aromatic heterocycles. The topological polar surface area (TPSA) is 84.3 Å². The van der Waals surface area contributed by atoms with Crippen molar-refractivity contribution in [3.05, 3.63) is 71.1 Å². The zero-order valence-electron chi connectivity index (χ0n) is 18.8. The lowest BCUT2D eigenvalue weighted by Crippen LogP contribution is -2.38. The number of benzene rings is 2. The summed E-state index contributed by atoms with van der Waals surface area (Å²) >= 11 is 5.99. The first-order valence-corrected chi connectivity index (χ1v) is 12.2. The molecular formula is C23H26ClFN4O3S. The molecule has 3 aromatic rings. The molecule has 176 valence electrons. The molecule has 0 bridgehead atoms. The molecule has 0 aliphatic heterocycles. The smallest absolute Gasteiger partial charge is 0.243 e. The van der Waals surface area contributed by atoms with Crippen molar-refractivity contribution in [2.24, 2.45) is 0 Å². The van der Waals surface area contributed by atoms with E-state index in [1.807, 2.05) is 20.8 Å². The van der Waals surface area contributed by atoms with E-state index >= 15 is 0 Å². The molecule has 0 aliphatic rings. The van der Waals surface area contributed by atoms with Gasteiger partial charge in [-0.2, -0.15) is 9.40 Å². The highest BCUT2D eigenvalue weighted by atomic mass is 35.5. The summed E-state index contributed by atoms with van der Waals surface area (Å²) in [5, 5.41) is 7.97. The number of nitrogens with zero attached hydrogens (tertiary/aromatic N) is 3. The highest BCUT2D eigenvalue weighted by Crippen LogP contribution is 2.27. The van der Waals surface area contributed by atoms with Crippen molar-refractivity contribution in [3.8, 4) is 5.69 Å². The molecule has 0 aliphatic carbocycles. The number of anilines is 1. The molecule has 0 atom stereocenters. The standard InChI is InChI=1S/C23H26ClFN4O3S/c1-5-28(33(31,32)19-12-8-17(25)9-13-19)15-22(30)26-21-14-20(23(2,3)4)27-29(21)18-10-6-16(24)7-11-18/h6-14H,5,15H2,1-4H3,(H,26,30). The maximum atomic E-state index is 13.2. The lowest BCUT2D eigenvalue weighted by molar-refractivity contribution is -0.116. The Morgan fingerprint density at radius 1 is 1.12 bits per heavy atom. The fourth-order valence-corrected chi connectivity index (χ4v) is 4.61. The van der Waals surface area contributed by atoms with Crippen LogP contribution in [0.3, 0.4) is 0 Å². The van der Waals surface area contributed by atoms with Gasteiger partial charge in [-0.15, -0.1) is 0 Å². The summed E-state index contributed by atoms with van der Waals surface area (Å²) in [6.45, 7) is 7.29. The number of amides is 1. The number of hydrogen-bond acceptors (Lipinski definition) is 4. The number of nitrogens with one attached hydrogen (secondary N) is 1. The number of rotatable bonds is 7. The van der Waals surface area contributed by atoms with E-state index in [9.17, 15) is 17.6 Å². The lowest BCUT2D eigenvalue weighted by Gasteiger charge is -2.20. The Bertz CT molecular complexity index is 1230. The number of sulfonamides is 1. The first-order chi connectivity index (χ1) is 15.4. The van der Waals surface area contributed by atoms with Crippen molar-refractivity contribution in [3.63, 3.8) is 0 Å². The van der Waals surface area contributed by atoms with Gasteiger partial charge in [0, 0.05) is 23.0 Å². The summed E-state index contributed by atoms with van der Waals surface area (Å²) < 4.78 is 41.6. The summed E-state index contributed by atoms with van der Waals surface area (Å²) in [6, 6.07) is 13.2. The summed E-state index contributed by atoms with van der Waals surface area (Å²) in [7, 11) is -3.97. The van der Waals surface area contributed by atoms with Crippen LogP contribution in [0.4, 0.5) is 10.2 Å². The number of likely N-dealkylation sites (N-methyl/N-ethyl adjacent to an activating group) is 1. The van der Waals surface area contributed by atoms with Crippen LogP contribution in [0, 0.1) is 5.82 Å². The quantitative estimate of drug-likeness (QED) is 0.522. The van der Waals surface area contributed by atoms with E-state index < -0.39 is 28.3 Å². The van der Waals surface area contributed by atoms with Gasteiger partial charge in [0.1, 0.15) is 11.6 Å². The predicted octanol–water partition coefficient (Wildman–Crippen LogP) is 4.61. The highest BCUT2D eigenvalue weighted by Gasteiger charge is 2.27. The van der Waals surface area contributed by atoms with E-state index in [4.69, 9.17) is 11.6 Å². The molecule has 1 N–H and O–H groups in total. The normalized spacial score (nSPS) is 12.2. The zero-order chi connectivity index (χ0) is 24.4. The molecule has 0 unspecified atom stereocenters. The van der Waals surface area contributed by atoms with Crippen LogP contribution < -0.4 is 5.32 Å². The molecule has 1 amide bonds. The monoisotopic (exact) mass is 492 g/mol. The van der Waals surface area contributed by atoms with Crippen molar-refractivity contribution in [1.82, 2.24) is 14.1 Å². The van der Waals surface area contributed by atoms with Crippen molar-refractivity contribution in [2.45, 2.75) is 38.0 Å². The first-order valence-electron chi connectivity index (χ1n) is 10.3.